The Hall–Kier alpha value is -3.58. The number of benzene rings is 3. The van der Waals surface area contributed by atoms with Gasteiger partial charge in [0.2, 0.25) is 0 Å². The number of rotatable bonds is 7. The molecule has 0 unspecified atom stereocenters. The number of imide groups is 1. The first-order chi connectivity index (χ1) is 15.9. The van der Waals surface area contributed by atoms with Crippen molar-refractivity contribution in [3.05, 3.63) is 99.2 Å². The van der Waals surface area contributed by atoms with Gasteiger partial charge in [0.05, 0.1) is 13.7 Å². The minimum Gasteiger partial charge on any atom is -0.493 e. The van der Waals surface area contributed by atoms with Crippen LogP contribution in [0.1, 0.15) is 22.3 Å². The molecule has 3 aromatic rings. The lowest BCUT2D eigenvalue weighted by atomic mass is 10.1. The average Bonchev–Trinajstić information content (AvgIpc) is 3.07. The maximum absolute atomic E-state index is 12.8. The Labute approximate surface area is 200 Å². The Balaban J connectivity index is 1.54. The molecular formula is C26H23BrN2O4. The van der Waals surface area contributed by atoms with Crippen molar-refractivity contribution in [1.82, 2.24) is 10.2 Å². The molecule has 1 saturated heterocycles. The molecule has 1 aliphatic heterocycles. The third-order valence-corrected chi connectivity index (χ3v) is 5.89. The maximum Gasteiger partial charge on any atom is 0.329 e. The zero-order valence-corrected chi connectivity index (χ0v) is 19.9. The molecule has 0 saturated carbocycles. The molecule has 0 aliphatic carbocycles. The summed E-state index contributed by atoms with van der Waals surface area (Å²) in [4.78, 5) is 26.4. The molecule has 33 heavy (non-hydrogen) atoms. The molecule has 6 nitrogen and oxygen atoms in total. The predicted molar refractivity (Wildman–Crippen MR) is 130 cm³/mol. The Bertz CT molecular complexity index is 1220. The molecule has 1 heterocycles. The van der Waals surface area contributed by atoms with Crippen LogP contribution in [-0.4, -0.2) is 23.9 Å². The summed E-state index contributed by atoms with van der Waals surface area (Å²) in [5.41, 5.74) is 3.97. The van der Waals surface area contributed by atoms with Crippen molar-refractivity contribution >= 4 is 33.9 Å². The number of hydrogen-bond acceptors (Lipinski definition) is 4. The van der Waals surface area contributed by atoms with E-state index in [1.807, 2.05) is 55.5 Å². The van der Waals surface area contributed by atoms with Crippen LogP contribution in [0.3, 0.4) is 0 Å². The van der Waals surface area contributed by atoms with E-state index in [4.69, 9.17) is 9.47 Å². The molecule has 0 aromatic heterocycles. The zero-order chi connectivity index (χ0) is 23.4. The number of ether oxygens (including phenoxy) is 2. The molecule has 3 amide bonds. The highest BCUT2D eigenvalue weighted by Gasteiger charge is 2.33. The Morgan fingerprint density at radius 1 is 0.970 bits per heavy atom. The van der Waals surface area contributed by atoms with E-state index in [1.54, 1.807) is 25.3 Å². The van der Waals surface area contributed by atoms with E-state index in [2.05, 4.69) is 27.3 Å². The predicted octanol–water partition coefficient (Wildman–Crippen LogP) is 5.44. The van der Waals surface area contributed by atoms with Gasteiger partial charge in [0, 0.05) is 4.47 Å². The lowest BCUT2D eigenvalue weighted by Gasteiger charge is -2.13. The number of methoxy groups -OCH3 is 1. The van der Waals surface area contributed by atoms with Crippen LogP contribution in [0, 0.1) is 6.92 Å². The molecule has 168 valence electrons. The van der Waals surface area contributed by atoms with Crippen LogP contribution in [-0.2, 0) is 17.9 Å². The third kappa shape index (κ3) is 5.26. The van der Waals surface area contributed by atoms with Gasteiger partial charge < -0.3 is 14.8 Å². The largest absolute Gasteiger partial charge is 0.493 e. The summed E-state index contributed by atoms with van der Waals surface area (Å²) in [6.45, 7) is 2.64. The number of nitrogens with one attached hydrogen (secondary N) is 1. The molecule has 1 fully saturated rings. The van der Waals surface area contributed by atoms with Gasteiger partial charge in [-0.25, -0.2) is 4.79 Å². The highest BCUT2D eigenvalue weighted by atomic mass is 79.9. The number of urea groups is 1. The first-order valence-corrected chi connectivity index (χ1v) is 11.2. The summed E-state index contributed by atoms with van der Waals surface area (Å²) >= 11 is 3.54. The smallest absolute Gasteiger partial charge is 0.329 e. The number of amides is 3. The molecule has 7 heteroatoms. The highest BCUT2D eigenvalue weighted by Crippen LogP contribution is 2.35. The van der Waals surface area contributed by atoms with Crippen LogP contribution in [0.2, 0.25) is 0 Å². The van der Waals surface area contributed by atoms with Crippen molar-refractivity contribution < 1.29 is 19.1 Å². The second kappa shape index (κ2) is 9.92. The van der Waals surface area contributed by atoms with Crippen molar-refractivity contribution in [2.45, 2.75) is 20.1 Å². The molecule has 0 bridgehead atoms. The standard InChI is InChI=1S/C26H23BrN2O4/c1-17-7-6-10-19(11-17)16-33-24-14-21(27)20(13-23(24)32-2)12-22-25(30)29(26(31)28-22)15-18-8-4-3-5-9-18/h3-14H,15-16H2,1-2H3,(H,28,31)/b22-12+. The van der Waals surface area contributed by atoms with Gasteiger partial charge in [-0.05, 0) is 41.8 Å². The summed E-state index contributed by atoms with van der Waals surface area (Å²) in [7, 11) is 1.56. The Morgan fingerprint density at radius 2 is 1.73 bits per heavy atom. The first kappa shape index (κ1) is 22.6. The minimum atomic E-state index is -0.448. The van der Waals surface area contributed by atoms with E-state index in [0.717, 1.165) is 16.7 Å². The quantitative estimate of drug-likeness (QED) is 0.342. The summed E-state index contributed by atoms with van der Waals surface area (Å²) in [6.07, 6.45) is 1.63. The number of carbonyl (C=O) groups is 2. The van der Waals surface area contributed by atoms with E-state index in [-0.39, 0.29) is 18.1 Å². The monoisotopic (exact) mass is 506 g/mol. The van der Waals surface area contributed by atoms with Gasteiger partial charge >= 0.3 is 6.03 Å². The van der Waals surface area contributed by atoms with Gasteiger partial charge in [0.25, 0.3) is 5.91 Å². The van der Waals surface area contributed by atoms with Crippen molar-refractivity contribution in [3.8, 4) is 11.5 Å². The second-order valence-corrected chi connectivity index (χ2v) is 8.52. The molecule has 1 aliphatic rings. The van der Waals surface area contributed by atoms with Gasteiger partial charge in [0.15, 0.2) is 11.5 Å². The Kier molecular flexibility index (Phi) is 6.79. The fourth-order valence-corrected chi connectivity index (χ4v) is 3.97. The van der Waals surface area contributed by atoms with Gasteiger partial charge in [-0.2, -0.15) is 0 Å². The molecule has 0 atom stereocenters. The SMILES string of the molecule is COc1cc(/C=C2/NC(=O)N(Cc3ccccc3)C2=O)c(Br)cc1OCc1cccc(C)c1. The number of halogens is 1. The molecule has 0 spiro atoms. The Morgan fingerprint density at radius 3 is 2.45 bits per heavy atom. The number of hydrogen-bond donors (Lipinski definition) is 1. The van der Waals surface area contributed by atoms with Crippen molar-refractivity contribution in [2.75, 3.05) is 7.11 Å². The van der Waals surface area contributed by atoms with E-state index in [9.17, 15) is 9.59 Å². The van der Waals surface area contributed by atoms with Crippen molar-refractivity contribution in [2.24, 2.45) is 0 Å². The van der Waals surface area contributed by atoms with Gasteiger partial charge in [-0.3, -0.25) is 9.69 Å². The normalized spacial score (nSPS) is 14.5. The van der Waals surface area contributed by atoms with Crippen LogP contribution < -0.4 is 14.8 Å². The average molecular weight is 507 g/mol. The molecule has 0 radical (unpaired) electrons. The van der Waals surface area contributed by atoms with Crippen molar-refractivity contribution in [1.29, 1.82) is 0 Å². The minimum absolute atomic E-state index is 0.201. The molecular weight excluding hydrogens is 484 g/mol. The summed E-state index contributed by atoms with van der Waals surface area (Å²) in [6, 6.07) is 20.6. The summed E-state index contributed by atoms with van der Waals surface area (Å²) in [5, 5.41) is 2.66. The van der Waals surface area contributed by atoms with Gasteiger partial charge in [-0.15, -0.1) is 0 Å². The topological polar surface area (TPSA) is 67.9 Å². The lowest BCUT2D eigenvalue weighted by molar-refractivity contribution is -0.123. The molecule has 1 N–H and O–H groups in total. The lowest BCUT2D eigenvalue weighted by Crippen LogP contribution is -2.30. The number of nitrogens with zero attached hydrogens (tertiary/aromatic N) is 1. The van der Waals surface area contributed by atoms with Crippen LogP contribution in [0.15, 0.2) is 76.9 Å². The first-order valence-electron chi connectivity index (χ1n) is 10.4. The summed E-state index contributed by atoms with van der Waals surface area (Å²) in [5.74, 6) is 0.714. The molecule has 3 aromatic carbocycles. The van der Waals surface area contributed by atoms with Gasteiger partial charge in [-0.1, -0.05) is 76.1 Å². The highest BCUT2D eigenvalue weighted by molar-refractivity contribution is 9.10. The van der Waals surface area contributed by atoms with E-state index < -0.39 is 6.03 Å². The van der Waals surface area contributed by atoms with Crippen LogP contribution >= 0.6 is 15.9 Å². The van der Waals surface area contributed by atoms with Crippen LogP contribution in [0.25, 0.3) is 6.08 Å². The summed E-state index contributed by atoms with van der Waals surface area (Å²) < 4.78 is 12.2. The van der Waals surface area contributed by atoms with E-state index in [1.165, 1.54) is 4.90 Å². The van der Waals surface area contributed by atoms with Crippen LogP contribution in [0.4, 0.5) is 4.79 Å². The maximum atomic E-state index is 12.8. The molecule has 4 rings (SSSR count). The van der Waals surface area contributed by atoms with Crippen LogP contribution in [0.5, 0.6) is 11.5 Å². The number of aryl methyl sites for hydroxylation is 1. The third-order valence-electron chi connectivity index (χ3n) is 5.21. The fourth-order valence-electron chi connectivity index (χ4n) is 3.53. The van der Waals surface area contributed by atoms with E-state index >= 15 is 0 Å². The van der Waals surface area contributed by atoms with Gasteiger partial charge in [0.1, 0.15) is 12.3 Å². The fraction of sp³-hybridized carbons (Fsp3) is 0.154. The van der Waals surface area contributed by atoms with E-state index in [0.29, 0.717) is 28.1 Å². The van der Waals surface area contributed by atoms with Crippen molar-refractivity contribution in [3.63, 3.8) is 0 Å². The number of carbonyl (C=O) groups excluding carboxylic acids is 2. The zero-order valence-electron chi connectivity index (χ0n) is 18.3. The second-order valence-electron chi connectivity index (χ2n) is 7.67.